The summed E-state index contributed by atoms with van der Waals surface area (Å²) in [5.41, 5.74) is 0. The van der Waals surface area contributed by atoms with Gasteiger partial charge in [0, 0.05) is 0 Å². The average Bonchev–Trinajstić information content (AvgIpc) is 2.30. The van der Waals surface area contributed by atoms with Gasteiger partial charge in [-0.15, -0.1) is 0 Å². The molecule has 0 fully saturated rings. The van der Waals surface area contributed by atoms with E-state index in [0.29, 0.717) is 19.4 Å². The maximum atomic E-state index is 12.4. The first-order valence-corrected chi connectivity index (χ1v) is 8.70. The van der Waals surface area contributed by atoms with Crippen LogP contribution in [0.25, 0.3) is 0 Å². The van der Waals surface area contributed by atoms with Gasteiger partial charge in [0.15, 0.2) is 0 Å². The molecule has 6 heteroatoms. The zero-order valence-corrected chi connectivity index (χ0v) is 13.3. The van der Waals surface area contributed by atoms with Gasteiger partial charge in [-0.05, 0) is 32.5 Å². The number of hydrogen-bond acceptors (Lipinski definition) is 5. The first-order chi connectivity index (χ1) is 8.61. The van der Waals surface area contributed by atoms with Gasteiger partial charge in [-0.1, -0.05) is 26.2 Å². The molecular weight excluding hydrogens is 269 g/mol. The van der Waals surface area contributed by atoms with Gasteiger partial charge < -0.3 is 9.05 Å². The van der Waals surface area contributed by atoms with Crippen LogP contribution in [0.3, 0.4) is 0 Å². The lowest BCUT2D eigenvalue weighted by Gasteiger charge is -2.20. The number of nitrogens with zero attached hydrogens (tertiary/aromatic N) is 1. The molecule has 0 rings (SSSR count). The van der Waals surface area contributed by atoms with Gasteiger partial charge in [-0.25, -0.2) is 4.99 Å². The molecule has 0 radical (unpaired) electrons. The smallest absolute Gasteiger partial charge is 0.309 e. The SMILES string of the molecule is CCCCCC(CP(=O)(OCC)OCC)N=C=S. The molecule has 0 aliphatic rings. The van der Waals surface area contributed by atoms with Gasteiger partial charge in [0.05, 0.1) is 30.6 Å². The van der Waals surface area contributed by atoms with Crippen molar-refractivity contribution in [3.63, 3.8) is 0 Å². The van der Waals surface area contributed by atoms with E-state index in [-0.39, 0.29) is 6.04 Å². The Labute approximate surface area is 116 Å². The lowest BCUT2D eigenvalue weighted by molar-refractivity contribution is 0.218. The minimum atomic E-state index is -3.03. The largest absolute Gasteiger partial charge is 0.332 e. The van der Waals surface area contributed by atoms with Crippen molar-refractivity contribution >= 4 is 25.0 Å². The van der Waals surface area contributed by atoms with Crippen molar-refractivity contribution in [1.29, 1.82) is 0 Å². The number of hydrogen-bond donors (Lipinski definition) is 0. The van der Waals surface area contributed by atoms with Crippen molar-refractivity contribution in [1.82, 2.24) is 0 Å². The fraction of sp³-hybridized carbons (Fsp3) is 0.917. The first-order valence-electron chi connectivity index (χ1n) is 6.57. The summed E-state index contributed by atoms with van der Waals surface area (Å²) in [6.07, 6.45) is 4.46. The number of rotatable bonds is 11. The second kappa shape index (κ2) is 10.8. The maximum absolute atomic E-state index is 12.4. The number of thiocarbonyl (C=S) groups is 1. The molecule has 0 aromatic carbocycles. The van der Waals surface area contributed by atoms with E-state index >= 15 is 0 Å². The van der Waals surface area contributed by atoms with Crippen LogP contribution in [0.1, 0.15) is 46.5 Å². The quantitative estimate of drug-likeness (QED) is 0.246. The molecule has 18 heavy (non-hydrogen) atoms. The molecule has 0 aromatic rings. The minimum Gasteiger partial charge on any atom is -0.309 e. The van der Waals surface area contributed by atoms with E-state index in [1.54, 1.807) is 13.8 Å². The van der Waals surface area contributed by atoms with Crippen LogP contribution in [0.2, 0.25) is 0 Å². The van der Waals surface area contributed by atoms with E-state index in [4.69, 9.17) is 9.05 Å². The third kappa shape index (κ3) is 8.12. The molecule has 0 bridgehead atoms. The number of unbranched alkanes of at least 4 members (excludes halogenated alkanes) is 2. The molecule has 0 spiro atoms. The zero-order valence-electron chi connectivity index (χ0n) is 11.6. The highest BCUT2D eigenvalue weighted by molar-refractivity contribution is 7.78. The molecule has 0 heterocycles. The number of isothiocyanates is 1. The summed E-state index contributed by atoms with van der Waals surface area (Å²) in [7, 11) is -3.03. The Kier molecular flexibility index (Phi) is 10.8. The Bertz CT molecular complexity index is 296. The Morgan fingerprint density at radius 1 is 1.22 bits per heavy atom. The Balaban J connectivity index is 4.50. The van der Waals surface area contributed by atoms with Gasteiger partial charge in [0.25, 0.3) is 0 Å². The fourth-order valence-electron chi connectivity index (χ4n) is 1.70. The molecule has 4 nitrogen and oxygen atoms in total. The molecular formula is C12H24NO3PS. The van der Waals surface area contributed by atoms with Crippen LogP contribution < -0.4 is 0 Å². The van der Waals surface area contributed by atoms with Crippen LogP contribution in [0.5, 0.6) is 0 Å². The molecule has 0 N–H and O–H groups in total. The van der Waals surface area contributed by atoms with E-state index < -0.39 is 7.60 Å². The Morgan fingerprint density at radius 2 is 1.83 bits per heavy atom. The van der Waals surface area contributed by atoms with E-state index in [9.17, 15) is 4.57 Å². The normalized spacial score (nSPS) is 13.1. The predicted molar refractivity (Wildman–Crippen MR) is 78.7 cm³/mol. The summed E-state index contributed by atoms with van der Waals surface area (Å²) in [6, 6.07) is -0.113. The Morgan fingerprint density at radius 3 is 2.28 bits per heavy atom. The van der Waals surface area contributed by atoms with Crippen molar-refractivity contribution in [2.75, 3.05) is 19.4 Å². The lowest BCUT2D eigenvalue weighted by Crippen LogP contribution is -2.14. The van der Waals surface area contributed by atoms with Crippen molar-refractivity contribution in [2.24, 2.45) is 4.99 Å². The van der Waals surface area contributed by atoms with E-state index in [0.717, 1.165) is 25.7 Å². The van der Waals surface area contributed by atoms with Crippen LogP contribution in [0.4, 0.5) is 0 Å². The summed E-state index contributed by atoms with van der Waals surface area (Å²) in [5.74, 6) is 0. The third-order valence-electron chi connectivity index (χ3n) is 2.46. The summed E-state index contributed by atoms with van der Waals surface area (Å²) >= 11 is 4.64. The van der Waals surface area contributed by atoms with Gasteiger partial charge >= 0.3 is 7.60 Å². The van der Waals surface area contributed by atoms with Gasteiger partial charge in [0.1, 0.15) is 0 Å². The zero-order chi connectivity index (χ0) is 13.9. The third-order valence-corrected chi connectivity index (χ3v) is 4.74. The molecule has 0 amide bonds. The molecule has 1 unspecified atom stereocenters. The predicted octanol–water partition coefficient (Wildman–Crippen LogP) is 4.30. The van der Waals surface area contributed by atoms with Crippen LogP contribution >= 0.6 is 19.8 Å². The Hall–Kier alpha value is -0.0500. The highest BCUT2D eigenvalue weighted by Gasteiger charge is 2.28. The summed E-state index contributed by atoms with van der Waals surface area (Å²) in [5, 5.41) is 2.38. The van der Waals surface area contributed by atoms with E-state index in [1.165, 1.54) is 0 Å². The lowest BCUT2D eigenvalue weighted by atomic mass is 10.1. The molecule has 0 saturated carbocycles. The van der Waals surface area contributed by atoms with Crippen LogP contribution in [0, 0.1) is 0 Å². The van der Waals surface area contributed by atoms with Crippen molar-refractivity contribution < 1.29 is 13.6 Å². The molecule has 106 valence electrons. The molecule has 1 atom stereocenters. The highest BCUT2D eigenvalue weighted by atomic mass is 32.1. The van der Waals surface area contributed by atoms with Crippen LogP contribution in [-0.2, 0) is 13.6 Å². The summed E-state index contributed by atoms with van der Waals surface area (Å²) < 4.78 is 22.9. The van der Waals surface area contributed by atoms with E-state index in [2.05, 4.69) is 29.3 Å². The van der Waals surface area contributed by atoms with Crippen molar-refractivity contribution in [2.45, 2.75) is 52.5 Å². The van der Waals surface area contributed by atoms with Crippen molar-refractivity contribution in [3.8, 4) is 0 Å². The molecule has 0 aromatic heterocycles. The monoisotopic (exact) mass is 293 g/mol. The van der Waals surface area contributed by atoms with Gasteiger partial charge in [0.2, 0.25) is 0 Å². The van der Waals surface area contributed by atoms with Crippen LogP contribution in [-0.4, -0.2) is 30.6 Å². The second-order valence-corrected chi connectivity index (χ2v) is 6.28. The summed E-state index contributed by atoms with van der Waals surface area (Å²) in [6.45, 7) is 6.50. The van der Waals surface area contributed by atoms with Gasteiger partial charge in [-0.2, -0.15) is 0 Å². The average molecular weight is 293 g/mol. The molecule has 0 aliphatic heterocycles. The highest BCUT2D eigenvalue weighted by Crippen LogP contribution is 2.49. The fourth-order valence-corrected chi connectivity index (χ4v) is 3.70. The van der Waals surface area contributed by atoms with E-state index in [1.807, 2.05) is 0 Å². The second-order valence-electron chi connectivity index (χ2n) is 4.00. The van der Waals surface area contributed by atoms with Crippen molar-refractivity contribution in [3.05, 3.63) is 0 Å². The van der Waals surface area contributed by atoms with Gasteiger partial charge in [-0.3, -0.25) is 4.57 Å². The molecule has 0 aliphatic carbocycles. The minimum absolute atomic E-state index is 0.113. The summed E-state index contributed by atoms with van der Waals surface area (Å²) in [4.78, 5) is 4.08. The maximum Gasteiger partial charge on any atom is 0.332 e. The molecule has 0 saturated heterocycles. The topological polar surface area (TPSA) is 47.9 Å². The first kappa shape index (κ1) is 17.9. The van der Waals surface area contributed by atoms with Crippen LogP contribution in [0.15, 0.2) is 4.99 Å². The standard InChI is InChI=1S/C12H24NO3PS/c1-4-7-8-9-12(13-11-18)10-17(14,15-5-2)16-6-3/h12H,4-10H2,1-3H3. The number of aliphatic imine (C=N–C) groups is 1.